The minimum atomic E-state index is -1.91. The Kier molecular flexibility index (Phi) is 7.03. The van der Waals surface area contributed by atoms with Gasteiger partial charge in [-0.25, -0.2) is 4.79 Å². The molecule has 1 aromatic rings. The van der Waals surface area contributed by atoms with Crippen molar-refractivity contribution < 1.29 is 18.7 Å². The Bertz CT molecular complexity index is 530. The van der Waals surface area contributed by atoms with E-state index in [0.29, 0.717) is 12.4 Å². The highest BCUT2D eigenvalue weighted by Crippen LogP contribution is 2.36. The van der Waals surface area contributed by atoms with Crippen molar-refractivity contribution in [2.24, 2.45) is 0 Å². The van der Waals surface area contributed by atoms with E-state index in [1.54, 1.807) is 0 Å². The topological polar surface area (TPSA) is 44.8 Å². The number of hydrogen-bond acceptors (Lipinski definition) is 4. The maximum absolute atomic E-state index is 11.5. The smallest absolute Gasteiger partial charge is 0.333 e. The van der Waals surface area contributed by atoms with Crippen LogP contribution in [0, 0.1) is 0 Å². The van der Waals surface area contributed by atoms with Crippen molar-refractivity contribution in [3.63, 3.8) is 0 Å². The second-order valence-corrected chi connectivity index (χ2v) is 11.8. The van der Waals surface area contributed by atoms with Crippen molar-refractivity contribution in [3.05, 3.63) is 47.7 Å². The lowest BCUT2D eigenvalue weighted by atomic mass is 10.2. The van der Waals surface area contributed by atoms with Crippen molar-refractivity contribution >= 4 is 14.3 Å². The molecule has 1 rings (SSSR count). The third-order valence-electron chi connectivity index (χ3n) is 4.13. The molecule has 128 valence electrons. The Morgan fingerprint density at radius 3 is 2.30 bits per heavy atom. The van der Waals surface area contributed by atoms with Gasteiger partial charge in [0.15, 0.2) is 8.32 Å². The fourth-order valence-corrected chi connectivity index (χ4v) is 2.47. The molecule has 4 nitrogen and oxygen atoms in total. The number of rotatable bonds is 7. The highest BCUT2D eigenvalue weighted by atomic mass is 28.4. The van der Waals surface area contributed by atoms with Gasteiger partial charge in [-0.05, 0) is 23.7 Å². The first-order valence-electron chi connectivity index (χ1n) is 7.75. The zero-order valence-electron chi connectivity index (χ0n) is 15.0. The number of methoxy groups -OCH3 is 1. The molecule has 5 heteroatoms. The molecule has 0 spiro atoms. The molecular formula is C18H28O4Si. The number of hydrogen-bond donors (Lipinski definition) is 0. The Hall–Kier alpha value is -1.59. The van der Waals surface area contributed by atoms with Gasteiger partial charge in [-0.2, -0.15) is 0 Å². The summed E-state index contributed by atoms with van der Waals surface area (Å²) in [5, 5.41) is 0.100. The van der Waals surface area contributed by atoms with Crippen LogP contribution in [0.1, 0.15) is 26.3 Å². The van der Waals surface area contributed by atoms with E-state index in [1.165, 1.54) is 13.2 Å². The molecule has 0 saturated heterocycles. The number of carbonyl (C=O) groups is 1. The average Bonchev–Trinajstić information content (AvgIpc) is 2.49. The van der Waals surface area contributed by atoms with E-state index >= 15 is 0 Å². The molecular weight excluding hydrogens is 308 g/mol. The molecule has 0 aliphatic rings. The summed E-state index contributed by atoms with van der Waals surface area (Å²) in [6, 6.07) is 9.81. The molecule has 0 unspecified atom stereocenters. The van der Waals surface area contributed by atoms with Gasteiger partial charge in [0.05, 0.1) is 19.8 Å². The standard InChI is InChI=1S/C18H28O4Si/c1-18(2,3)23(5,6)22-14-16(12-17(19)20-4)21-13-15-10-8-7-9-11-15/h7-12H,13-14H2,1-6H3/b16-12+. The van der Waals surface area contributed by atoms with Crippen LogP contribution in [0.4, 0.5) is 0 Å². The summed E-state index contributed by atoms with van der Waals surface area (Å²) < 4.78 is 16.6. The van der Waals surface area contributed by atoms with Crippen LogP contribution in [0.25, 0.3) is 0 Å². The largest absolute Gasteiger partial charge is 0.491 e. The fourth-order valence-electron chi connectivity index (χ4n) is 1.53. The van der Waals surface area contributed by atoms with Crippen LogP contribution in [0.2, 0.25) is 18.1 Å². The molecule has 23 heavy (non-hydrogen) atoms. The van der Waals surface area contributed by atoms with E-state index in [0.717, 1.165) is 5.56 Å². The molecule has 0 radical (unpaired) electrons. The van der Waals surface area contributed by atoms with Gasteiger partial charge in [0.25, 0.3) is 0 Å². The first-order chi connectivity index (χ1) is 10.7. The summed E-state index contributed by atoms with van der Waals surface area (Å²) in [4.78, 5) is 11.5. The molecule has 0 N–H and O–H groups in total. The summed E-state index contributed by atoms with van der Waals surface area (Å²) in [6.07, 6.45) is 1.36. The highest BCUT2D eigenvalue weighted by Gasteiger charge is 2.37. The number of benzene rings is 1. The predicted molar refractivity (Wildman–Crippen MR) is 94.5 cm³/mol. The Morgan fingerprint density at radius 2 is 1.78 bits per heavy atom. The van der Waals surface area contributed by atoms with Crippen molar-refractivity contribution in [1.29, 1.82) is 0 Å². The van der Waals surface area contributed by atoms with Crippen LogP contribution in [-0.4, -0.2) is 28.0 Å². The number of esters is 1. The van der Waals surface area contributed by atoms with E-state index in [1.807, 2.05) is 30.3 Å². The Balaban J connectivity index is 2.74. The maximum atomic E-state index is 11.5. The van der Waals surface area contributed by atoms with Crippen LogP contribution < -0.4 is 0 Å². The van der Waals surface area contributed by atoms with Crippen LogP contribution in [0.5, 0.6) is 0 Å². The molecule has 0 aromatic heterocycles. The summed E-state index contributed by atoms with van der Waals surface area (Å²) >= 11 is 0. The van der Waals surface area contributed by atoms with E-state index in [4.69, 9.17) is 13.9 Å². The summed E-state index contributed by atoms with van der Waals surface area (Å²) in [7, 11) is -0.561. The number of carbonyl (C=O) groups excluding carboxylic acids is 1. The van der Waals surface area contributed by atoms with Crippen molar-refractivity contribution in [2.75, 3.05) is 13.7 Å². The lowest BCUT2D eigenvalue weighted by Crippen LogP contribution is -2.41. The van der Waals surface area contributed by atoms with Gasteiger partial charge < -0.3 is 13.9 Å². The predicted octanol–water partition coefficient (Wildman–Crippen LogP) is 4.28. The molecule has 0 aliphatic carbocycles. The van der Waals surface area contributed by atoms with Gasteiger partial charge in [-0.15, -0.1) is 0 Å². The van der Waals surface area contributed by atoms with Crippen LogP contribution >= 0.6 is 0 Å². The van der Waals surface area contributed by atoms with Gasteiger partial charge in [0.2, 0.25) is 0 Å². The molecule has 0 heterocycles. The molecule has 0 atom stereocenters. The van der Waals surface area contributed by atoms with Gasteiger partial charge >= 0.3 is 5.97 Å². The first-order valence-corrected chi connectivity index (χ1v) is 10.7. The summed E-state index contributed by atoms with van der Waals surface area (Å²) in [5.74, 6) is 0.0532. The summed E-state index contributed by atoms with van der Waals surface area (Å²) in [5.41, 5.74) is 1.04. The monoisotopic (exact) mass is 336 g/mol. The Labute approximate surface area is 140 Å². The quantitative estimate of drug-likeness (QED) is 0.323. The molecule has 0 aliphatic heterocycles. The lowest BCUT2D eigenvalue weighted by Gasteiger charge is -2.36. The first kappa shape index (κ1) is 19.5. The van der Waals surface area contributed by atoms with Gasteiger partial charge in [-0.3, -0.25) is 0 Å². The third kappa shape index (κ3) is 6.58. The van der Waals surface area contributed by atoms with Crippen LogP contribution in [0.3, 0.4) is 0 Å². The average molecular weight is 337 g/mol. The lowest BCUT2D eigenvalue weighted by molar-refractivity contribution is -0.135. The van der Waals surface area contributed by atoms with Gasteiger partial charge in [-0.1, -0.05) is 51.1 Å². The fraction of sp³-hybridized carbons (Fsp3) is 0.500. The molecule has 0 saturated carbocycles. The SMILES string of the molecule is COC(=O)/C=C(\CO[Si](C)(C)C(C)(C)C)OCc1ccccc1. The van der Waals surface area contributed by atoms with Gasteiger partial charge in [0.1, 0.15) is 12.4 Å². The van der Waals surface area contributed by atoms with Gasteiger partial charge in [0, 0.05) is 0 Å². The van der Waals surface area contributed by atoms with E-state index < -0.39 is 14.3 Å². The molecule has 1 aromatic carbocycles. The second kappa shape index (κ2) is 8.31. The maximum Gasteiger partial charge on any atom is 0.333 e. The van der Waals surface area contributed by atoms with Crippen molar-refractivity contribution in [1.82, 2.24) is 0 Å². The zero-order valence-corrected chi connectivity index (χ0v) is 16.0. The molecule has 0 bridgehead atoms. The highest BCUT2D eigenvalue weighted by molar-refractivity contribution is 6.74. The van der Waals surface area contributed by atoms with Crippen LogP contribution in [-0.2, 0) is 25.3 Å². The van der Waals surface area contributed by atoms with E-state index in [9.17, 15) is 4.79 Å². The van der Waals surface area contributed by atoms with E-state index in [-0.39, 0.29) is 11.6 Å². The third-order valence-corrected chi connectivity index (χ3v) is 8.61. The minimum Gasteiger partial charge on any atom is -0.491 e. The van der Waals surface area contributed by atoms with Crippen molar-refractivity contribution in [3.8, 4) is 0 Å². The normalized spacial score (nSPS) is 12.9. The molecule has 0 fully saturated rings. The Morgan fingerprint density at radius 1 is 1.17 bits per heavy atom. The number of ether oxygens (including phenoxy) is 2. The van der Waals surface area contributed by atoms with Crippen LogP contribution in [0.15, 0.2) is 42.2 Å². The second-order valence-electron chi connectivity index (χ2n) is 6.96. The zero-order chi connectivity index (χ0) is 17.5. The molecule has 0 amide bonds. The summed E-state index contributed by atoms with van der Waals surface area (Å²) in [6.45, 7) is 11.5. The minimum absolute atomic E-state index is 0.100. The van der Waals surface area contributed by atoms with E-state index in [2.05, 4.69) is 33.9 Å². The van der Waals surface area contributed by atoms with Crippen molar-refractivity contribution in [2.45, 2.75) is 45.5 Å².